The summed E-state index contributed by atoms with van der Waals surface area (Å²) >= 11 is 12.1. The van der Waals surface area contributed by atoms with Gasteiger partial charge in [-0.3, -0.25) is 0 Å². The molecule has 112 valence electrons. The van der Waals surface area contributed by atoms with Crippen molar-refractivity contribution >= 4 is 40.1 Å². The number of aromatic amines is 1. The summed E-state index contributed by atoms with van der Waals surface area (Å²) in [5.41, 5.74) is 3.18. The molecule has 0 fully saturated rings. The summed E-state index contributed by atoms with van der Waals surface area (Å²) in [5.74, 6) is -0.362. The Morgan fingerprint density at radius 3 is 2.68 bits per heavy atom. The molecule has 3 aromatic rings. The lowest BCUT2D eigenvalue weighted by Gasteiger charge is -2.05. The number of para-hydroxylation sites is 1. The molecule has 0 aliphatic carbocycles. The molecule has 1 aromatic heterocycles. The second-order valence-corrected chi connectivity index (χ2v) is 5.62. The molecular weight excluding hydrogens is 321 g/mol. The number of fused-ring (bicyclic) bond motifs is 1. The largest absolute Gasteiger partial charge is 0.461 e. The highest BCUT2D eigenvalue weighted by molar-refractivity contribution is 6.42. The normalized spacial score (nSPS) is 10.9. The van der Waals surface area contributed by atoms with Gasteiger partial charge in [-0.05, 0) is 30.7 Å². The number of rotatable bonds is 3. The Morgan fingerprint density at radius 1 is 1.14 bits per heavy atom. The smallest absolute Gasteiger partial charge is 0.354 e. The summed E-state index contributed by atoms with van der Waals surface area (Å²) in [7, 11) is 0. The zero-order valence-corrected chi connectivity index (χ0v) is 13.3. The van der Waals surface area contributed by atoms with Gasteiger partial charge in [-0.15, -0.1) is 0 Å². The summed E-state index contributed by atoms with van der Waals surface area (Å²) in [6.45, 7) is 2.12. The van der Waals surface area contributed by atoms with Crippen LogP contribution in [0.15, 0.2) is 42.5 Å². The molecule has 0 unspecified atom stereocenters. The highest BCUT2D eigenvalue weighted by Gasteiger charge is 2.13. The fourth-order valence-corrected chi connectivity index (χ4v) is 2.68. The average molecular weight is 334 g/mol. The SMILES string of the molecule is CCOC(=O)c1cc2cccc(-c3ccc(Cl)c(Cl)c3)c2[nH]1. The van der Waals surface area contributed by atoms with Crippen LogP contribution in [0, 0.1) is 0 Å². The Morgan fingerprint density at radius 2 is 1.95 bits per heavy atom. The molecule has 0 saturated heterocycles. The molecule has 1 heterocycles. The van der Waals surface area contributed by atoms with Crippen LogP contribution in [0.2, 0.25) is 10.0 Å². The lowest BCUT2D eigenvalue weighted by molar-refractivity contribution is 0.0520. The summed E-state index contributed by atoms with van der Waals surface area (Å²) in [4.78, 5) is 15.0. The number of hydrogen-bond acceptors (Lipinski definition) is 2. The summed E-state index contributed by atoms with van der Waals surface area (Å²) < 4.78 is 5.03. The lowest BCUT2D eigenvalue weighted by atomic mass is 10.0. The van der Waals surface area contributed by atoms with Crippen molar-refractivity contribution in [3.8, 4) is 11.1 Å². The van der Waals surface area contributed by atoms with E-state index in [2.05, 4.69) is 4.98 Å². The Kier molecular flexibility index (Phi) is 4.10. The minimum atomic E-state index is -0.362. The number of benzene rings is 2. The molecule has 0 saturated carbocycles. The molecular formula is C17H13Cl2NO2. The van der Waals surface area contributed by atoms with Crippen molar-refractivity contribution in [2.24, 2.45) is 0 Å². The first-order valence-electron chi connectivity index (χ1n) is 6.84. The van der Waals surface area contributed by atoms with Gasteiger partial charge in [0.25, 0.3) is 0 Å². The van der Waals surface area contributed by atoms with E-state index in [1.165, 1.54) is 0 Å². The van der Waals surface area contributed by atoms with Gasteiger partial charge in [0.2, 0.25) is 0 Å². The standard InChI is InChI=1S/C17H13Cl2NO2/c1-2-22-17(21)15-9-11-4-3-5-12(16(11)20-15)10-6-7-13(18)14(19)8-10/h3-9,20H,2H2,1H3. The fourth-order valence-electron chi connectivity index (χ4n) is 2.38. The molecule has 0 atom stereocenters. The summed E-state index contributed by atoms with van der Waals surface area (Å²) in [5, 5.41) is 1.94. The van der Waals surface area contributed by atoms with Crippen LogP contribution in [-0.2, 0) is 4.74 Å². The second-order valence-electron chi connectivity index (χ2n) is 4.80. The number of esters is 1. The quantitative estimate of drug-likeness (QED) is 0.659. The van der Waals surface area contributed by atoms with E-state index in [1.807, 2.05) is 30.3 Å². The van der Waals surface area contributed by atoms with Crippen LogP contribution >= 0.6 is 23.2 Å². The van der Waals surface area contributed by atoms with Crippen molar-refractivity contribution in [1.29, 1.82) is 0 Å². The molecule has 2 aromatic carbocycles. The first-order chi connectivity index (χ1) is 10.6. The van der Waals surface area contributed by atoms with E-state index in [9.17, 15) is 4.79 Å². The van der Waals surface area contributed by atoms with Crippen molar-refractivity contribution in [3.63, 3.8) is 0 Å². The first-order valence-corrected chi connectivity index (χ1v) is 7.60. The van der Waals surface area contributed by atoms with Crippen molar-refractivity contribution in [1.82, 2.24) is 4.98 Å². The van der Waals surface area contributed by atoms with E-state index in [0.717, 1.165) is 22.0 Å². The van der Waals surface area contributed by atoms with Gasteiger partial charge in [-0.25, -0.2) is 4.79 Å². The third-order valence-corrected chi connectivity index (χ3v) is 4.12. The van der Waals surface area contributed by atoms with Gasteiger partial charge in [0.15, 0.2) is 0 Å². The minimum absolute atomic E-state index is 0.341. The number of carbonyl (C=O) groups is 1. The Bertz CT molecular complexity index is 855. The second kappa shape index (κ2) is 6.03. The van der Waals surface area contributed by atoms with Gasteiger partial charge in [0, 0.05) is 10.9 Å². The maximum Gasteiger partial charge on any atom is 0.354 e. The lowest BCUT2D eigenvalue weighted by Crippen LogP contribution is -2.04. The number of H-pyrrole nitrogens is 1. The van der Waals surface area contributed by atoms with Crippen LogP contribution < -0.4 is 0 Å². The Hall–Kier alpha value is -1.97. The molecule has 0 radical (unpaired) electrons. The van der Waals surface area contributed by atoms with Gasteiger partial charge in [-0.1, -0.05) is 47.5 Å². The predicted molar refractivity (Wildman–Crippen MR) is 89.7 cm³/mol. The topological polar surface area (TPSA) is 42.1 Å². The van der Waals surface area contributed by atoms with Crippen LogP contribution in [0.4, 0.5) is 0 Å². The molecule has 0 bridgehead atoms. The van der Waals surface area contributed by atoms with Crippen molar-refractivity contribution < 1.29 is 9.53 Å². The predicted octanol–water partition coefficient (Wildman–Crippen LogP) is 5.32. The number of carbonyl (C=O) groups excluding carboxylic acids is 1. The molecule has 3 nitrogen and oxygen atoms in total. The van der Waals surface area contributed by atoms with E-state index in [-0.39, 0.29) is 5.97 Å². The molecule has 0 amide bonds. The maximum absolute atomic E-state index is 11.9. The van der Waals surface area contributed by atoms with E-state index >= 15 is 0 Å². The fraction of sp³-hybridized carbons (Fsp3) is 0.118. The molecule has 1 N–H and O–H groups in total. The molecule has 0 aliphatic rings. The van der Waals surface area contributed by atoms with Gasteiger partial charge in [-0.2, -0.15) is 0 Å². The Labute approximate surface area is 137 Å². The van der Waals surface area contributed by atoms with Crippen molar-refractivity contribution in [3.05, 3.63) is 58.2 Å². The third-order valence-electron chi connectivity index (χ3n) is 3.38. The van der Waals surface area contributed by atoms with E-state index in [4.69, 9.17) is 27.9 Å². The van der Waals surface area contributed by atoms with Gasteiger partial charge >= 0.3 is 5.97 Å². The van der Waals surface area contributed by atoms with E-state index in [0.29, 0.717) is 22.3 Å². The van der Waals surface area contributed by atoms with Crippen molar-refractivity contribution in [2.75, 3.05) is 6.61 Å². The minimum Gasteiger partial charge on any atom is -0.461 e. The zero-order valence-electron chi connectivity index (χ0n) is 11.8. The first kappa shape index (κ1) is 14.9. The van der Waals surface area contributed by atoms with Crippen LogP contribution in [0.25, 0.3) is 22.0 Å². The van der Waals surface area contributed by atoms with Crippen LogP contribution in [-0.4, -0.2) is 17.6 Å². The number of ether oxygens (including phenoxy) is 1. The monoisotopic (exact) mass is 333 g/mol. The van der Waals surface area contributed by atoms with Crippen LogP contribution in [0.1, 0.15) is 17.4 Å². The number of hydrogen-bond donors (Lipinski definition) is 1. The van der Waals surface area contributed by atoms with Crippen LogP contribution in [0.5, 0.6) is 0 Å². The highest BCUT2D eigenvalue weighted by atomic mass is 35.5. The van der Waals surface area contributed by atoms with Gasteiger partial charge in [0.05, 0.1) is 22.2 Å². The molecule has 5 heteroatoms. The van der Waals surface area contributed by atoms with E-state index in [1.54, 1.807) is 19.1 Å². The van der Waals surface area contributed by atoms with Gasteiger partial charge < -0.3 is 9.72 Å². The molecule has 22 heavy (non-hydrogen) atoms. The van der Waals surface area contributed by atoms with Gasteiger partial charge in [0.1, 0.15) is 5.69 Å². The third kappa shape index (κ3) is 2.70. The Balaban J connectivity index is 2.13. The summed E-state index contributed by atoms with van der Waals surface area (Å²) in [6, 6.07) is 13.1. The average Bonchev–Trinajstić information content (AvgIpc) is 2.94. The number of aromatic nitrogens is 1. The number of nitrogens with one attached hydrogen (secondary N) is 1. The molecule has 0 aliphatic heterocycles. The molecule has 3 rings (SSSR count). The van der Waals surface area contributed by atoms with Crippen LogP contribution in [0.3, 0.4) is 0 Å². The highest BCUT2D eigenvalue weighted by Crippen LogP contribution is 2.32. The molecule has 0 spiro atoms. The van der Waals surface area contributed by atoms with Crippen molar-refractivity contribution in [2.45, 2.75) is 6.92 Å². The number of halogens is 2. The summed E-state index contributed by atoms with van der Waals surface area (Å²) in [6.07, 6.45) is 0. The van der Waals surface area contributed by atoms with E-state index < -0.39 is 0 Å². The zero-order chi connectivity index (χ0) is 15.7. The maximum atomic E-state index is 11.9.